The highest BCUT2D eigenvalue weighted by molar-refractivity contribution is 7.89. The van der Waals surface area contributed by atoms with Gasteiger partial charge in [0.2, 0.25) is 10.0 Å². The van der Waals surface area contributed by atoms with Gasteiger partial charge in [-0.2, -0.15) is 9.57 Å². The van der Waals surface area contributed by atoms with Crippen molar-refractivity contribution in [2.75, 3.05) is 32.8 Å². The number of hydrogen-bond donors (Lipinski definition) is 0. The number of benzene rings is 2. The van der Waals surface area contributed by atoms with Crippen molar-refractivity contribution in [1.82, 2.24) is 9.21 Å². The molecular formula is C19H17Cl2N3O4S. The van der Waals surface area contributed by atoms with Gasteiger partial charge in [-0.15, -0.1) is 0 Å². The summed E-state index contributed by atoms with van der Waals surface area (Å²) in [5.41, 5.74) is 0.395. The molecule has 1 fully saturated rings. The van der Waals surface area contributed by atoms with Gasteiger partial charge in [0.1, 0.15) is 5.75 Å². The molecule has 0 atom stereocenters. The summed E-state index contributed by atoms with van der Waals surface area (Å²) in [6.07, 6.45) is 0. The third-order valence-electron chi connectivity index (χ3n) is 4.45. The number of carbonyl (C=O) groups is 1. The van der Waals surface area contributed by atoms with E-state index in [1.807, 2.05) is 6.07 Å². The Labute approximate surface area is 179 Å². The topological polar surface area (TPSA) is 90.7 Å². The van der Waals surface area contributed by atoms with Crippen LogP contribution in [0, 0.1) is 11.3 Å². The van der Waals surface area contributed by atoms with Crippen LogP contribution in [-0.2, 0) is 14.8 Å². The Balaban J connectivity index is 1.55. The van der Waals surface area contributed by atoms with E-state index in [0.717, 1.165) is 0 Å². The van der Waals surface area contributed by atoms with Gasteiger partial charge in [0.05, 0.1) is 21.6 Å². The Kier molecular flexibility index (Phi) is 6.65. The highest BCUT2D eigenvalue weighted by Gasteiger charge is 2.30. The van der Waals surface area contributed by atoms with Crippen LogP contribution in [0.3, 0.4) is 0 Å². The first-order valence-electron chi connectivity index (χ1n) is 8.67. The van der Waals surface area contributed by atoms with E-state index in [0.29, 0.717) is 16.3 Å². The minimum Gasteiger partial charge on any atom is -0.482 e. The van der Waals surface area contributed by atoms with Crippen molar-refractivity contribution < 1.29 is 17.9 Å². The van der Waals surface area contributed by atoms with Crippen LogP contribution < -0.4 is 4.74 Å². The molecule has 152 valence electrons. The van der Waals surface area contributed by atoms with E-state index in [1.54, 1.807) is 11.0 Å². The lowest BCUT2D eigenvalue weighted by molar-refractivity contribution is -0.134. The van der Waals surface area contributed by atoms with Crippen LogP contribution in [0.4, 0.5) is 0 Å². The molecule has 0 radical (unpaired) electrons. The summed E-state index contributed by atoms with van der Waals surface area (Å²) >= 11 is 11.8. The summed E-state index contributed by atoms with van der Waals surface area (Å²) in [5.74, 6) is 0.0388. The second-order valence-electron chi connectivity index (χ2n) is 6.28. The average molecular weight is 454 g/mol. The number of sulfonamides is 1. The highest BCUT2D eigenvalue weighted by Crippen LogP contribution is 2.25. The van der Waals surface area contributed by atoms with Crippen LogP contribution in [0.15, 0.2) is 47.4 Å². The summed E-state index contributed by atoms with van der Waals surface area (Å²) in [4.78, 5) is 14.1. The van der Waals surface area contributed by atoms with Crippen molar-refractivity contribution in [3.8, 4) is 11.8 Å². The van der Waals surface area contributed by atoms with Crippen LogP contribution in [0.1, 0.15) is 5.56 Å². The average Bonchev–Trinajstić information content (AvgIpc) is 2.73. The van der Waals surface area contributed by atoms with Gasteiger partial charge in [-0.05, 0) is 42.5 Å². The lowest BCUT2D eigenvalue weighted by Crippen LogP contribution is -2.51. The fourth-order valence-electron chi connectivity index (χ4n) is 2.85. The molecule has 0 spiro atoms. The van der Waals surface area contributed by atoms with Gasteiger partial charge in [-0.1, -0.05) is 23.2 Å². The summed E-state index contributed by atoms with van der Waals surface area (Å²) < 4.78 is 32.2. The van der Waals surface area contributed by atoms with E-state index >= 15 is 0 Å². The molecule has 1 heterocycles. The van der Waals surface area contributed by atoms with Gasteiger partial charge >= 0.3 is 0 Å². The number of rotatable bonds is 5. The second kappa shape index (κ2) is 9.01. The number of piperazine rings is 1. The maximum atomic E-state index is 12.7. The quantitative estimate of drug-likeness (QED) is 0.693. The van der Waals surface area contributed by atoms with E-state index in [-0.39, 0.29) is 48.6 Å². The Morgan fingerprint density at radius 1 is 1.07 bits per heavy atom. The predicted octanol–water partition coefficient (Wildman–Crippen LogP) is 2.78. The summed E-state index contributed by atoms with van der Waals surface area (Å²) in [5, 5.41) is 9.55. The molecule has 2 aromatic carbocycles. The zero-order valence-corrected chi connectivity index (χ0v) is 17.5. The minimum absolute atomic E-state index is 0.167. The molecule has 1 saturated heterocycles. The third kappa shape index (κ3) is 5.00. The number of ether oxygens (including phenoxy) is 1. The van der Waals surface area contributed by atoms with Crippen LogP contribution in [-0.4, -0.2) is 56.3 Å². The van der Waals surface area contributed by atoms with Gasteiger partial charge in [0.15, 0.2) is 6.61 Å². The van der Waals surface area contributed by atoms with E-state index in [9.17, 15) is 13.2 Å². The number of hydrogen-bond acceptors (Lipinski definition) is 5. The Morgan fingerprint density at radius 3 is 2.31 bits per heavy atom. The molecule has 29 heavy (non-hydrogen) atoms. The van der Waals surface area contributed by atoms with Crippen LogP contribution in [0.25, 0.3) is 0 Å². The lowest BCUT2D eigenvalue weighted by atomic mass is 10.2. The number of carbonyl (C=O) groups excluding carboxylic acids is 1. The van der Waals surface area contributed by atoms with E-state index in [1.165, 1.54) is 40.7 Å². The summed E-state index contributed by atoms with van der Waals surface area (Å²) in [6.45, 7) is 0.671. The maximum Gasteiger partial charge on any atom is 0.260 e. The predicted molar refractivity (Wildman–Crippen MR) is 108 cm³/mol. The van der Waals surface area contributed by atoms with E-state index < -0.39 is 10.0 Å². The van der Waals surface area contributed by atoms with Gasteiger partial charge in [0, 0.05) is 31.2 Å². The first-order chi connectivity index (χ1) is 13.8. The molecule has 2 aromatic rings. The normalized spacial score (nSPS) is 15.0. The van der Waals surface area contributed by atoms with Crippen LogP contribution >= 0.6 is 23.2 Å². The van der Waals surface area contributed by atoms with E-state index in [4.69, 9.17) is 33.2 Å². The maximum absolute atomic E-state index is 12.7. The first-order valence-corrected chi connectivity index (χ1v) is 10.9. The Hall–Kier alpha value is -2.31. The Bertz CT molecular complexity index is 1040. The third-order valence-corrected chi connectivity index (χ3v) is 6.92. The van der Waals surface area contributed by atoms with Crippen molar-refractivity contribution in [2.45, 2.75) is 4.90 Å². The monoisotopic (exact) mass is 453 g/mol. The van der Waals surface area contributed by atoms with Gasteiger partial charge < -0.3 is 9.64 Å². The first kappa shape index (κ1) is 21.4. The molecule has 0 bridgehead atoms. The number of nitriles is 1. The van der Waals surface area contributed by atoms with Gasteiger partial charge in [0.25, 0.3) is 5.91 Å². The number of amides is 1. The van der Waals surface area contributed by atoms with E-state index in [2.05, 4.69) is 0 Å². The SMILES string of the molecule is N#Cc1ccc(OCC(=O)N2CCN(S(=O)(=O)c3ccc(Cl)cc3)CC2)c(Cl)c1. The molecule has 7 nitrogen and oxygen atoms in total. The zero-order valence-electron chi connectivity index (χ0n) is 15.2. The molecule has 1 aliphatic rings. The molecule has 1 amide bonds. The fraction of sp³-hybridized carbons (Fsp3) is 0.263. The van der Waals surface area contributed by atoms with Crippen molar-refractivity contribution in [3.63, 3.8) is 0 Å². The van der Waals surface area contributed by atoms with Crippen molar-refractivity contribution >= 4 is 39.1 Å². The zero-order chi connectivity index (χ0) is 21.0. The largest absolute Gasteiger partial charge is 0.482 e. The van der Waals surface area contributed by atoms with Gasteiger partial charge in [-0.25, -0.2) is 8.42 Å². The van der Waals surface area contributed by atoms with Crippen molar-refractivity contribution in [2.24, 2.45) is 0 Å². The summed E-state index contributed by atoms with van der Waals surface area (Å²) in [6, 6.07) is 12.5. The molecule has 0 aromatic heterocycles. The van der Waals surface area contributed by atoms with Crippen molar-refractivity contribution in [1.29, 1.82) is 5.26 Å². The molecule has 0 saturated carbocycles. The highest BCUT2D eigenvalue weighted by atomic mass is 35.5. The summed E-state index contributed by atoms with van der Waals surface area (Å²) in [7, 11) is -3.63. The minimum atomic E-state index is -3.63. The molecular weight excluding hydrogens is 437 g/mol. The molecule has 3 rings (SSSR count). The second-order valence-corrected chi connectivity index (χ2v) is 9.07. The van der Waals surface area contributed by atoms with Crippen molar-refractivity contribution in [3.05, 3.63) is 58.1 Å². The molecule has 0 aliphatic carbocycles. The standard InChI is InChI=1S/C19H17Cl2N3O4S/c20-15-2-4-16(5-3-15)29(26,27)24-9-7-23(8-10-24)19(25)13-28-18-6-1-14(12-22)11-17(18)21/h1-6,11H,7-10,13H2. The van der Waals surface area contributed by atoms with Crippen LogP contribution in [0.2, 0.25) is 10.0 Å². The van der Waals surface area contributed by atoms with Crippen LogP contribution in [0.5, 0.6) is 5.75 Å². The molecule has 0 unspecified atom stereocenters. The number of halogens is 2. The number of nitrogens with zero attached hydrogens (tertiary/aromatic N) is 3. The molecule has 0 N–H and O–H groups in total. The van der Waals surface area contributed by atoms with Gasteiger partial charge in [-0.3, -0.25) is 4.79 Å². The Morgan fingerprint density at radius 2 is 1.72 bits per heavy atom. The molecule has 10 heteroatoms. The molecule has 1 aliphatic heterocycles. The lowest BCUT2D eigenvalue weighted by Gasteiger charge is -2.34. The smallest absolute Gasteiger partial charge is 0.260 e. The fourth-order valence-corrected chi connectivity index (χ4v) is 4.63.